The summed E-state index contributed by atoms with van der Waals surface area (Å²) in [6.07, 6.45) is 4.82. The highest BCUT2D eigenvalue weighted by molar-refractivity contribution is 7.99. The first-order valence-electron chi connectivity index (χ1n) is 8.37. The molecule has 21 heavy (non-hydrogen) atoms. The first-order valence-corrected chi connectivity index (χ1v) is 9.42. The van der Waals surface area contributed by atoms with Crippen molar-refractivity contribution in [2.45, 2.75) is 63.9 Å². The summed E-state index contributed by atoms with van der Waals surface area (Å²) in [6, 6.07) is 0.353. The summed E-state index contributed by atoms with van der Waals surface area (Å²) >= 11 is 2.02. The SMILES string of the molecule is CCS[C@@H]1CC[C@H](NC(=O)NC[C@@H]2CCO[C@@H]2C(C)C)C1. The first kappa shape index (κ1) is 16.9. The van der Waals surface area contributed by atoms with E-state index in [4.69, 9.17) is 4.74 Å². The quantitative estimate of drug-likeness (QED) is 0.792. The molecule has 4 atom stereocenters. The standard InChI is InChI=1S/C16H30N2O2S/c1-4-21-14-6-5-13(9-14)18-16(19)17-10-12-7-8-20-15(12)11(2)3/h11-15H,4-10H2,1-3H3,(H2,17,18,19)/t12-,13-,14+,15+/m0/s1. The Labute approximate surface area is 133 Å². The number of urea groups is 1. The zero-order valence-corrected chi connectivity index (χ0v) is 14.4. The lowest BCUT2D eigenvalue weighted by Gasteiger charge is -2.22. The van der Waals surface area contributed by atoms with Gasteiger partial charge in [0.05, 0.1) is 6.10 Å². The molecule has 1 aliphatic heterocycles. The Hall–Kier alpha value is -0.420. The van der Waals surface area contributed by atoms with Crippen LogP contribution in [0.4, 0.5) is 4.79 Å². The summed E-state index contributed by atoms with van der Waals surface area (Å²) in [7, 11) is 0. The molecule has 2 amide bonds. The summed E-state index contributed by atoms with van der Waals surface area (Å²) in [6.45, 7) is 8.14. The van der Waals surface area contributed by atoms with E-state index in [1.54, 1.807) is 0 Å². The molecule has 1 saturated heterocycles. The van der Waals surface area contributed by atoms with Crippen LogP contribution in [0.3, 0.4) is 0 Å². The van der Waals surface area contributed by atoms with Gasteiger partial charge in [0.2, 0.25) is 0 Å². The molecular formula is C16H30N2O2S. The predicted molar refractivity (Wildman–Crippen MR) is 88.8 cm³/mol. The molecule has 1 aliphatic carbocycles. The number of thioether (sulfide) groups is 1. The molecule has 1 heterocycles. The summed E-state index contributed by atoms with van der Waals surface area (Å²) in [4.78, 5) is 12.0. The monoisotopic (exact) mass is 314 g/mol. The molecule has 2 aliphatic rings. The fourth-order valence-corrected chi connectivity index (χ4v) is 4.67. The molecule has 2 rings (SSSR count). The van der Waals surface area contributed by atoms with Crippen LogP contribution in [0.1, 0.15) is 46.5 Å². The van der Waals surface area contributed by atoms with Gasteiger partial charge in [0, 0.05) is 30.4 Å². The van der Waals surface area contributed by atoms with E-state index in [0.29, 0.717) is 24.0 Å². The van der Waals surface area contributed by atoms with E-state index in [9.17, 15) is 4.79 Å². The van der Waals surface area contributed by atoms with E-state index in [1.807, 2.05) is 11.8 Å². The molecule has 0 unspecified atom stereocenters. The van der Waals surface area contributed by atoms with Crippen molar-refractivity contribution in [1.82, 2.24) is 10.6 Å². The number of carbonyl (C=O) groups is 1. The van der Waals surface area contributed by atoms with E-state index in [-0.39, 0.29) is 6.03 Å². The Morgan fingerprint density at radius 3 is 2.86 bits per heavy atom. The Balaban J connectivity index is 1.66. The predicted octanol–water partition coefficient (Wildman–Crippen LogP) is 3.02. The van der Waals surface area contributed by atoms with Crippen molar-refractivity contribution in [3.8, 4) is 0 Å². The second-order valence-electron chi connectivity index (χ2n) is 6.57. The van der Waals surface area contributed by atoms with Gasteiger partial charge in [-0.05, 0) is 37.4 Å². The Bertz CT molecular complexity index is 338. The first-order chi connectivity index (χ1) is 10.1. The number of hydrogen-bond acceptors (Lipinski definition) is 3. The average Bonchev–Trinajstić information content (AvgIpc) is 3.06. The lowest BCUT2D eigenvalue weighted by atomic mass is 9.93. The highest BCUT2D eigenvalue weighted by atomic mass is 32.2. The number of ether oxygens (including phenoxy) is 1. The van der Waals surface area contributed by atoms with Crippen molar-refractivity contribution in [1.29, 1.82) is 0 Å². The van der Waals surface area contributed by atoms with Crippen molar-refractivity contribution in [3.05, 3.63) is 0 Å². The van der Waals surface area contributed by atoms with Crippen LogP contribution in [0.15, 0.2) is 0 Å². The highest BCUT2D eigenvalue weighted by Crippen LogP contribution is 2.29. The minimum Gasteiger partial charge on any atom is -0.378 e. The normalized spacial score (nSPS) is 32.6. The highest BCUT2D eigenvalue weighted by Gasteiger charge is 2.31. The van der Waals surface area contributed by atoms with Gasteiger partial charge < -0.3 is 15.4 Å². The summed E-state index contributed by atoms with van der Waals surface area (Å²) in [5.41, 5.74) is 0. The van der Waals surface area contributed by atoms with Crippen LogP contribution < -0.4 is 10.6 Å². The van der Waals surface area contributed by atoms with Crippen molar-refractivity contribution < 1.29 is 9.53 Å². The molecule has 2 N–H and O–H groups in total. The van der Waals surface area contributed by atoms with Gasteiger partial charge in [0.25, 0.3) is 0 Å². The van der Waals surface area contributed by atoms with E-state index >= 15 is 0 Å². The molecule has 0 aromatic carbocycles. The molecule has 122 valence electrons. The minimum absolute atomic E-state index is 0.00319. The molecular weight excluding hydrogens is 284 g/mol. The van der Waals surface area contributed by atoms with Crippen LogP contribution in [0.25, 0.3) is 0 Å². The van der Waals surface area contributed by atoms with Gasteiger partial charge in [0.1, 0.15) is 0 Å². The number of hydrogen-bond donors (Lipinski definition) is 2. The maximum atomic E-state index is 12.0. The summed E-state index contributed by atoms with van der Waals surface area (Å²) < 4.78 is 5.76. The van der Waals surface area contributed by atoms with Gasteiger partial charge in [-0.1, -0.05) is 20.8 Å². The topological polar surface area (TPSA) is 50.4 Å². The molecule has 2 fully saturated rings. The fourth-order valence-electron chi connectivity index (χ4n) is 3.53. The van der Waals surface area contributed by atoms with Gasteiger partial charge in [-0.15, -0.1) is 0 Å². The average molecular weight is 314 g/mol. The third-order valence-electron chi connectivity index (χ3n) is 4.57. The maximum Gasteiger partial charge on any atom is 0.315 e. The molecule has 5 heteroatoms. The molecule has 0 spiro atoms. The van der Waals surface area contributed by atoms with Crippen molar-refractivity contribution >= 4 is 17.8 Å². The lowest BCUT2D eigenvalue weighted by molar-refractivity contribution is 0.0545. The molecule has 0 aromatic rings. The van der Waals surface area contributed by atoms with Crippen molar-refractivity contribution in [3.63, 3.8) is 0 Å². The minimum atomic E-state index is -0.00319. The van der Waals surface area contributed by atoms with Gasteiger partial charge in [-0.25, -0.2) is 4.79 Å². The van der Waals surface area contributed by atoms with E-state index < -0.39 is 0 Å². The van der Waals surface area contributed by atoms with E-state index in [2.05, 4.69) is 31.4 Å². The Kier molecular flexibility index (Phi) is 6.68. The zero-order chi connectivity index (χ0) is 15.2. The van der Waals surface area contributed by atoms with Crippen LogP contribution in [-0.2, 0) is 4.74 Å². The molecule has 4 nitrogen and oxygen atoms in total. The lowest BCUT2D eigenvalue weighted by Crippen LogP contribution is -2.44. The third kappa shape index (κ3) is 5.06. The number of nitrogens with one attached hydrogen (secondary N) is 2. The largest absolute Gasteiger partial charge is 0.378 e. The second-order valence-corrected chi connectivity index (χ2v) is 8.15. The fraction of sp³-hybridized carbons (Fsp3) is 0.938. The number of carbonyl (C=O) groups excluding carboxylic acids is 1. The Morgan fingerprint density at radius 2 is 2.14 bits per heavy atom. The molecule has 0 bridgehead atoms. The molecule has 0 radical (unpaired) electrons. The van der Waals surface area contributed by atoms with Gasteiger partial charge in [-0.3, -0.25) is 0 Å². The zero-order valence-electron chi connectivity index (χ0n) is 13.6. The van der Waals surface area contributed by atoms with Crippen LogP contribution in [0.2, 0.25) is 0 Å². The number of rotatable bonds is 6. The summed E-state index contributed by atoms with van der Waals surface area (Å²) in [5, 5.41) is 6.91. The van der Waals surface area contributed by atoms with Gasteiger partial charge in [-0.2, -0.15) is 11.8 Å². The molecule has 1 saturated carbocycles. The summed E-state index contributed by atoms with van der Waals surface area (Å²) in [5.74, 6) is 2.15. The van der Waals surface area contributed by atoms with E-state index in [0.717, 1.165) is 37.7 Å². The van der Waals surface area contributed by atoms with Crippen LogP contribution in [0.5, 0.6) is 0 Å². The van der Waals surface area contributed by atoms with Crippen molar-refractivity contribution in [2.24, 2.45) is 11.8 Å². The number of amides is 2. The van der Waals surface area contributed by atoms with Crippen LogP contribution >= 0.6 is 11.8 Å². The van der Waals surface area contributed by atoms with Crippen LogP contribution in [-0.4, -0.2) is 42.3 Å². The van der Waals surface area contributed by atoms with Gasteiger partial charge >= 0.3 is 6.03 Å². The third-order valence-corrected chi connectivity index (χ3v) is 5.80. The smallest absolute Gasteiger partial charge is 0.315 e. The second kappa shape index (κ2) is 8.28. The Morgan fingerprint density at radius 1 is 1.33 bits per heavy atom. The molecule has 0 aromatic heterocycles. The maximum absolute atomic E-state index is 12.0. The van der Waals surface area contributed by atoms with Gasteiger partial charge in [0.15, 0.2) is 0 Å². The van der Waals surface area contributed by atoms with E-state index in [1.165, 1.54) is 12.2 Å². The van der Waals surface area contributed by atoms with Crippen LogP contribution in [0, 0.1) is 11.8 Å². The van der Waals surface area contributed by atoms with Crippen molar-refractivity contribution in [2.75, 3.05) is 18.9 Å².